The Kier molecular flexibility index (Phi) is 9.09. The van der Waals surface area contributed by atoms with Gasteiger partial charge in [-0.05, 0) is 31.4 Å². The topological polar surface area (TPSA) is 79.3 Å². The van der Waals surface area contributed by atoms with E-state index in [0.29, 0.717) is 18.9 Å². The van der Waals surface area contributed by atoms with E-state index in [4.69, 9.17) is 0 Å². The standard InChI is InChI=1S/C24H35N5O2/c1-2-3-4-8-14-25-24(31)21-12-9-16-28(18-21)19-23(30)27-22-13-15-26-29(22)17-20-10-6-5-7-11-20/h5-7,10-11,13,15,21H,2-4,8-9,12,14,16-19H2,1H3,(H,25,31)(H,27,30). The van der Waals surface area contributed by atoms with Gasteiger partial charge in [0, 0.05) is 19.2 Å². The van der Waals surface area contributed by atoms with Crippen molar-refractivity contribution in [1.82, 2.24) is 20.0 Å². The minimum Gasteiger partial charge on any atom is -0.356 e. The zero-order valence-electron chi connectivity index (χ0n) is 18.6. The maximum atomic E-state index is 12.6. The van der Waals surface area contributed by atoms with Crippen molar-refractivity contribution in [1.29, 1.82) is 0 Å². The van der Waals surface area contributed by atoms with Crippen LogP contribution in [0.1, 0.15) is 51.0 Å². The van der Waals surface area contributed by atoms with Crippen molar-refractivity contribution in [3.05, 3.63) is 48.2 Å². The van der Waals surface area contributed by atoms with Crippen LogP contribution < -0.4 is 10.6 Å². The third-order valence-electron chi connectivity index (χ3n) is 5.73. The number of hydrogen-bond donors (Lipinski definition) is 2. The monoisotopic (exact) mass is 425 g/mol. The number of aromatic nitrogens is 2. The number of nitrogens with one attached hydrogen (secondary N) is 2. The van der Waals surface area contributed by atoms with Gasteiger partial charge in [0.25, 0.3) is 0 Å². The van der Waals surface area contributed by atoms with Crippen LogP contribution in [0, 0.1) is 5.92 Å². The number of piperidine rings is 1. The summed E-state index contributed by atoms with van der Waals surface area (Å²) in [6.07, 6.45) is 8.13. The Morgan fingerprint density at radius 2 is 1.97 bits per heavy atom. The van der Waals surface area contributed by atoms with E-state index in [1.54, 1.807) is 10.9 Å². The van der Waals surface area contributed by atoms with Gasteiger partial charge < -0.3 is 10.6 Å². The maximum absolute atomic E-state index is 12.6. The predicted molar refractivity (Wildman–Crippen MR) is 123 cm³/mol. The van der Waals surface area contributed by atoms with Gasteiger partial charge in [-0.25, -0.2) is 4.68 Å². The van der Waals surface area contributed by atoms with Crippen LogP contribution in [0.3, 0.4) is 0 Å². The van der Waals surface area contributed by atoms with Gasteiger partial charge in [-0.1, -0.05) is 56.5 Å². The summed E-state index contributed by atoms with van der Waals surface area (Å²) in [5.41, 5.74) is 1.13. The minimum atomic E-state index is -0.0737. The fourth-order valence-electron chi connectivity index (χ4n) is 4.03. The Hall–Kier alpha value is -2.67. The number of anilines is 1. The molecule has 1 aromatic heterocycles. The van der Waals surface area contributed by atoms with Gasteiger partial charge in [0.2, 0.25) is 11.8 Å². The van der Waals surface area contributed by atoms with Crippen LogP contribution in [-0.2, 0) is 16.1 Å². The molecule has 0 bridgehead atoms. The highest BCUT2D eigenvalue weighted by Gasteiger charge is 2.26. The first-order chi connectivity index (χ1) is 15.2. The lowest BCUT2D eigenvalue weighted by Crippen LogP contribution is -2.45. The molecule has 3 rings (SSSR count). The molecule has 0 spiro atoms. The van der Waals surface area contributed by atoms with E-state index in [9.17, 15) is 9.59 Å². The first-order valence-corrected chi connectivity index (χ1v) is 11.5. The summed E-state index contributed by atoms with van der Waals surface area (Å²) in [6.45, 7) is 5.31. The second-order valence-corrected chi connectivity index (χ2v) is 8.33. The van der Waals surface area contributed by atoms with Gasteiger partial charge in [-0.3, -0.25) is 14.5 Å². The molecule has 1 atom stereocenters. The van der Waals surface area contributed by atoms with E-state index >= 15 is 0 Å². The van der Waals surface area contributed by atoms with E-state index < -0.39 is 0 Å². The van der Waals surface area contributed by atoms with Crippen LogP contribution >= 0.6 is 0 Å². The third kappa shape index (κ3) is 7.51. The van der Waals surface area contributed by atoms with E-state index in [2.05, 4.69) is 27.6 Å². The number of amides is 2. The SMILES string of the molecule is CCCCCCNC(=O)C1CCCN(CC(=O)Nc2ccnn2Cc2ccccc2)C1. The second-order valence-electron chi connectivity index (χ2n) is 8.33. The Labute approximate surface area is 185 Å². The van der Waals surface area contributed by atoms with Crippen LogP contribution in [0.15, 0.2) is 42.6 Å². The molecule has 1 aliphatic heterocycles. The summed E-state index contributed by atoms with van der Waals surface area (Å²) in [5, 5.41) is 10.4. The lowest BCUT2D eigenvalue weighted by atomic mass is 9.97. The molecule has 7 nitrogen and oxygen atoms in total. The predicted octanol–water partition coefficient (Wildman–Crippen LogP) is 3.28. The lowest BCUT2D eigenvalue weighted by Gasteiger charge is -2.31. The third-order valence-corrected chi connectivity index (χ3v) is 5.73. The first kappa shape index (κ1) is 23.0. The van der Waals surface area contributed by atoms with Gasteiger partial charge in [0.1, 0.15) is 5.82 Å². The van der Waals surface area contributed by atoms with Crippen molar-refractivity contribution in [3.8, 4) is 0 Å². The average molecular weight is 426 g/mol. The van der Waals surface area contributed by atoms with Crippen LogP contribution in [-0.4, -0.2) is 52.7 Å². The fraction of sp³-hybridized carbons (Fsp3) is 0.542. The van der Waals surface area contributed by atoms with Crippen molar-refractivity contribution >= 4 is 17.6 Å². The molecule has 2 N–H and O–H groups in total. The Balaban J connectivity index is 1.44. The summed E-state index contributed by atoms with van der Waals surface area (Å²) in [7, 11) is 0. The van der Waals surface area contributed by atoms with Gasteiger partial charge in [0.15, 0.2) is 0 Å². The number of carbonyl (C=O) groups is 2. The molecule has 1 aromatic carbocycles. The summed E-state index contributed by atoms with van der Waals surface area (Å²) in [5.74, 6) is 0.710. The molecule has 2 amide bonds. The maximum Gasteiger partial charge on any atom is 0.239 e. The van der Waals surface area contributed by atoms with Crippen molar-refractivity contribution in [3.63, 3.8) is 0 Å². The molecular formula is C24H35N5O2. The lowest BCUT2D eigenvalue weighted by molar-refractivity contribution is -0.128. The normalized spacial score (nSPS) is 16.7. The van der Waals surface area contributed by atoms with Gasteiger partial charge >= 0.3 is 0 Å². The molecule has 1 aliphatic rings. The molecule has 168 valence electrons. The van der Waals surface area contributed by atoms with Gasteiger partial charge in [0.05, 0.1) is 25.2 Å². The highest BCUT2D eigenvalue weighted by Crippen LogP contribution is 2.17. The molecule has 1 unspecified atom stereocenters. The molecule has 7 heteroatoms. The van der Waals surface area contributed by atoms with Crippen molar-refractivity contribution < 1.29 is 9.59 Å². The Bertz CT molecular complexity index is 820. The number of carbonyl (C=O) groups excluding carboxylic acids is 2. The number of rotatable bonds is 11. The van der Waals surface area contributed by atoms with E-state index in [1.165, 1.54) is 12.8 Å². The van der Waals surface area contributed by atoms with E-state index in [-0.39, 0.29) is 24.3 Å². The summed E-state index contributed by atoms with van der Waals surface area (Å²) in [4.78, 5) is 27.2. The summed E-state index contributed by atoms with van der Waals surface area (Å²) in [6, 6.07) is 11.8. The molecule has 31 heavy (non-hydrogen) atoms. The Morgan fingerprint density at radius 3 is 2.77 bits per heavy atom. The minimum absolute atomic E-state index is 0.0312. The fourth-order valence-corrected chi connectivity index (χ4v) is 4.03. The first-order valence-electron chi connectivity index (χ1n) is 11.5. The average Bonchev–Trinajstić information content (AvgIpc) is 3.20. The smallest absolute Gasteiger partial charge is 0.239 e. The Morgan fingerprint density at radius 1 is 1.13 bits per heavy atom. The largest absolute Gasteiger partial charge is 0.356 e. The number of likely N-dealkylation sites (tertiary alicyclic amines) is 1. The second kappa shape index (κ2) is 12.2. The number of unbranched alkanes of at least 4 members (excludes halogenated alkanes) is 3. The van der Waals surface area contributed by atoms with Gasteiger partial charge in [-0.2, -0.15) is 5.10 Å². The van der Waals surface area contributed by atoms with E-state index in [0.717, 1.165) is 44.3 Å². The highest BCUT2D eigenvalue weighted by molar-refractivity contribution is 5.91. The van der Waals surface area contributed by atoms with Crippen LogP contribution in [0.25, 0.3) is 0 Å². The molecule has 1 fully saturated rings. The molecule has 2 heterocycles. The van der Waals surface area contributed by atoms with E-state index in [1.807, 2.05) is 36.4 Å². The molecule has 0 radical (unpaired) electrons. The van der Waals surface area contributed by atoms with Crippen molar-refractivity contribution in [2.24, 2.45) is 5.92 Å². The number of nitrogens with zero attached hydrogens (tertiary/aromatic N) is 3. The molecule has 2 aromatic rings. The highest BCUT2D eigenvalue weighted by atomic mass is 16.2. The summed E-state index contributed by atoms with van der Waals surface area (Å²) >= 11 is 0. The zero-order valence-corrected chi connectivity index (χ0v) is 18.6. The summed E-state index contributed by atoms with van der Waals surface area (Å²) < 4.78 is 1.79. The molecule has 0 aliphatic carbocycles. The van der Waals surface area contributed by atoms with Crippen molar-refractivity contribution in [2.45, 2.75) is 52.0 Å². The molecule has 1 saturated heterocycles. The zero-order chi connectivity index (χ0) is 21.9. The number of benzene rings is 1. The van der Waals surface area contributed by atoms with Crippen LogP contribution in [0.2, 0.25) is 0 Å². The van der Waals surface area contributed by atoms with Crippen LogP contribution in [0.4, 0.5) is 5.82 Å². The van der Waals surface area contributed by atoms with Crippen molar-refractivity contribution in [2.75, 3.05) is 31.5 Å². The van der Waals surface area contributed by atoms with Gasteiger partial charge in [-0.15, -0.1) is 0 Å². The molecule has 0 saturated carbocycles. The molecular weight excluding hydrogens is 390 g/mol. The van der Waals surface area contributed by atoms with Crippen LogP contribution in [0.5, 0.6) is 0 Å². The number of hydrogen-bond acceptors (Lipinski definition) is 4. The quantitative estimate of drug-likeness (QED) is 0.542.